The van der Waals surface area contributed by atoms with Crippen molar-refractivity contribution in [3.63, 3.8) is 0 Å². The van der Waals surface area contributed by atoms with Crippen molar-refractivity contribution in [2.24, 2.45) is 0 Å². The molecule has 1 aromatic carbocycles. The summed E-state index contributed by atoms with van der Waals surface area (Å²) in [5, 5.41) is 10.2. The average molecular weight is 308 g/mol. The number of fused-ring (bicyclic) bond motifs is 1. The van der Waals surface area contributed by atoms with Gasteiger partial charge in [-0.2, -0.15) is 0 Å². The zero-order valence-electron chi connectivity index (χ0n) is 12.8. The second-order valence-electron chi connectivity index (χ2n) is 6.10. The molecule has 0 aliphatic carbocycles. The summed E-state index contributed by atoms with van der Waals surface area (Å²) in [5.41, 5.74) is 1.53. The number of benzene rings is 1. The molecule has 6 nitrogen and oxygen atoms in total. The summed E-state index contributed by atoms with van der Waals surface area (Å²) in [4.78, 5) is 11.9. The molecule has 120 valence electrons. The number of rotatable bonds is 3. The van der Waals surface area contributed by atoms with Gasteiger partial charge in [0.1, 0.15) is 24.9 Å². The third-order valence-electron chi connectivity index (χ3n) is 3.78. The highest BCUT2D eigenvalue weighted by Gasteiger charge is 2.54. The summed E-state index contributed by atoms with van der Waals surface area (Å²) >= 11 is 0. The number of esters is 1. The first-order chi connectivity index (χ1) is 10.4. The Morgan fingerprint density at radius 3 is 2.59 bits per heavy atom. The van der Waals surface area contributed by atoms with E-state index in [4.69, 9.17) is 18.9 Å². The van der Waals surface area contributed by atoms with Gasteiger partial charge < -0.3 is 24.1 Å². The molecule has 22 heavy (non-hydrogen) atoms. The van der Waals surface area contributed by atoms with Crippen molar-refractivity contribution < 1.29 is 28.8 Å². The van der Waals surface area contributed by atoms with Crippen LogP contribution in [-0.2, 0) is 18.9 Å². The quantitative estimate of drug-likeness (QED) is 0.851. The Balaban J connectivity index is 1.55. The lowest BCUT2D eigenvalue weighted by Gasteiger charge is -2.22. The van der Waals surface area contributed by atoms with Gasteiger partial charge in [-0.3, -0.25) is 0 Å². The van der Waals surface area contributed by atoms with Gasteiger partial charge >= 0.3 is 5.97 Å². The predicted octanol–water partition coefficient (Wildman–Crippen LogP) is 1.39. The first kappa shape index (κ1) is 15.4. The van der Waals surface area contributed by atoms with Gasteiger partial charge in [0, 0.05) is 0 Å². The van der Waals surface area contributed by atoms with E-state index in [1.165, 1.54) is 0 Å². The first-order valence-corrected chi connectivity index (χ1v) is 7.29. The van der Waals surface area contributed by atoms with Crippen molar-refractivity contribution in [2.75, 3.05) is 6.61 Å². The van der Waals surface area contributed by atoms with E-state index in [2.05, 4.69) is 0 Å². The second kappa shape index (κ2) is 5.62. The summed E-state index contributed by atoms with van der Waals surface area (Å²) in [6.45, 7) is 5.41. The van der Waals surface area contributed by atoms with E-state index in [9.17, 15) is 9.90 Å². The molecule has 0 aromatic heterocycles. The number of aryl methyl sites for hydroxylation is 1. The fourth-order valence-corrected chi connectivity index (χ4v) is 2.63. The maximum Gasteiger partial charge on any atom is 0.338 e. The van der Waals surface area contributed by atoms with E-state index in [0.717, 1.165) is 5.56 Å². The lowest BCUT2D eigenvalue weighted by atomic mass is 10.1. The third kappa shape index (κ3) is 3.01. The predicted molar refractivity (Wildman–Crippen MR) is 76.2 cm³/mol. The highest BCUT2D eigenvalue weighted by atomic mass is 16.8. The van der Waals surface area contributed by atoms with Gasteiger partial charge in [0.15, 0.2) is 12.1 Å². The zero-order chi connectivity index (χ0) is 15.9. The van der Waals surface area contributed by atoms with Gasteiger partial charge in [-0.25, -0.2) is 4.79 Å². The number of carbonyl (C=O) groups is 1. The maximum atomic E-state index is 11.9. The Morgan fingerprint density at radius 2 is 1.95 bits per heavy atom. The monoisotopic (exact) mass is 308 g/mol. The summed E-state index contributed by atoms with van der Waals surface area (Å²) in [6.07, 6.45) is -2.73. The fraction of sp³-hybridized carbons (Fsp3) is 0.562. The van der Waals surface area contributed by atoms with Crippen LogP contribution in [0.3, 0.4) is 0 Å². The second-order valence-corrected chi connectivity index (χ2v) is 6.10. The third-order valence-corrected chi connectivity index (χ3v) is 3.78. The van der Waals surface area contributed by atoms with Crippen molar-refractivity contribution in [2.45, 2.75) is 51.2 Å². The van der Waals surface area contributed by atoms with E-state index < -0.39 is 36.4 Å². The minimum absolute atomic E-state index is 0.0476. The number of hydrogen-bond donors (Lipinski definition) is 1. The van der Waals surface area contributed by atoms with E-state index in [-0.39, 0.29) is 6.61 Å². The van der Waals surface area contributed by atoms with E-state index in [1.807, 2.05) is 19.1 Å². The van der Waals surface area contributed by atoms with Crippen LogP contribution in [0.2, 0.25) is 0 Å². The molecule has 0 saturated carbocycles. The van der Waals surface area contributed by atoms with Crippen LogP contribution in [0.1, 0.15) is 29.8 Å². The Morgan fingerprint density at radius 1 is 1.27 bits per heavy atom. The molecule has 0 unspecified atom stereocenters. The van der Waals surface area contributed by atoms with Gasteiger partial charge in [0.25, 0.3) is 0 Å². The Bertz CT molecular complexity index is 552. The molecule has 0 spiro atoms. The molecule has 2 saturated heterocycles. The summed E-state index contributed by atoms with van der Waals surface area (Å²) < 4.78 is 21.9. The number of aliphatic hydroxyl groups is 1. The molecule has 0 radical (unpaired) electrons. The zero-order valence-corrected chi connectivity index (χ0v) is 12.8. The molecule has 0 amide bonds. The van der Waals surface area contributed by atoms with E-state index in [0.29, 0.717) is 5.56 Å². The topological polar surface area (TPSA) is 74.2 Å². The van der Waals surface area contributed by atoms with Crippen LogP contribution in [0.25, 0.3) is 0 Å². The highest BCUT2D eigenvalue weighted by molar-refractivity contribution is 5.89. The van der Waals surface area contributed by atoms with Gasteiger partial charge in [-0.05, 0) is 32.9 Å². The number of aliphatic hydroxyl groups excluding tert-OH is 1. The van der Waals surface area contributed by atoms with E-state index >= 15 is 0 Å². The molecular weight excluding hydrogens is 288 g/mol. The molecule has 6 heteroatoms. The number of hydrogen-bond acceptors (Lipinski definition) is 6. The smallest absolute Gasteiger partial charge is 0.338 e. The molecule has 2 fully saturated rings. The summed E-state index contributed by atoms with van der Waals surface area (Å²) in [6, 6.07) is 7.08. The van der Waals surface area contributed by atoms with Crippen LogP contribution in [0.15, 0.2) is 24.3 Å². The normalized spacial score (nSPS) is 32.7. The van der Waals surface area contributed by atoms with Crippen molar-refractivity contribution >= 4 is 5.97 Å². The van der Waals surface area contributed by atoms with Crippen molar-refractivity contribution in [3.05, 3.63) is 35.4 Å². The van der Waals surface area contributed by atoms with Crippen LogP contribution in [0, 0.1) is 6.92 Å². The Hall–Kier alpha value is -1.47. The first-order valence-electron chi connectivity index (χ1n) is 7.29. The standard InChI is InChI=1S/C16H20O6/c1-9-4-6-10(7-5-9)14(18)19-8-11-12(17)13-15(20-11)22-16(2,3)21-13/h4-7,11-13,15,17H,8H2,1-3H3/t11-,12-,13-,15+/m1/s1. The fourth-order valence-electron chi connectivity index (χ4n) is 2.63. The molecule has 2 aliphatic heterocycles. The molecular formula is C16H20O6. The summed E-state index contributed by atoms with van der Waals surface area (Å²) in [7, 11) is 0. The van der Waals surface area contributed by atoms with Crippen LogP contribution in [0.4, 0.5) is 0 Å². The van der Waals surface area contributed by atoms with Crippen LogP contribution >= 0.6 is 0 Å². The van der Waals surface area contributed by atoms with Crippen molar-refractivity contribution in [3.8, 4) is 0 Å². The molecule has 1 N–H and O–H groups in total. The minimum Gasteiger partial charge on any atom is -0.459 e. The van der Waals surface area contributed by atoms with Gasteiger partial charge in [-0.1, -0.05) is 17.7 Å². The van der Waals surface area contributed by atoms with Crippen LogP contribution in [-0.4, -0.2) is 48.1 Å². The molecule has 2 heterocycles. The van der Waals surface area contributed by atoms with E-state index in [1.54, 1.807) is 26.0 Å². The molecule has 0 bridgehead atoms. The van der Waals surface area contributed by atoms with Gasteiger partial charge in [0.2, 0.25) is 0 Å². The minimum atomic E-state index is -0.891. The van der Waals surface area contributed by atoms with Gasteiger partial charge in [-0.15, -0.1) is 0 Å². The highest BCUT2D eigenvalue weighted by Crippen LogP contribution is 2.37. The van der Waals surface area contributed by atoms with Crippen LogP contribution in [0.5, 0.6) is 0 Å². The number of ether oxygens (including phenoxy) is 4. The average Bonchev–Trinajstić information content (AvgIpc) is 2.91. The van der Waals surface area contributed by atoms with Crippen molar-refractivity contribution in [1.82, 2.24) is 0 Å². The lowest BCUT2D eigenvalue weighted by molar-refractivity contribution is -0.218. The SMILES string of the molecule is Cc1ccc(C(=O)OC[C@H]2O[C@H]3OC(C)(C)O[C@@H]3[C@@H]2O)cc1. The molecule has 1 aromatic rings. The molecule has 4 atom stereocenters. The van der Waals surface area contributed by atoms with Crippen LogP contribution < -0.4 is 0 Å². The van der Waals surface area contributed by atoms with Gasteiger partial charge in [0.05, 0.1) is 5.56 Å². The lowest BCUT2D eigenvalue weighted by Crippen LogP contribution is -2.37. The number of carbonyl (C=O) groups excluding carboxylic acids is 1. The maximum absolute atomic E-state index is 11.9. The Kier molecular flexibility index (Phi) is 3.94. The molecule has 2 aliphatic rings. The Labute approximate surface area is 128 Å². The summed E-state index contributed by atoms with van der Waals surface area (Å²) in [5.74, 6) is -1.23. The van der Waals surface area contributed by atoms with Crippen molar-refractivity contribution in [1.29, 1.82) is 0 Å². The molecule has 3 rings (SSSR count). The largest absolute Gasteiger partial charge is 0.459 e.